The van der Waals surface area contributed by atoms with Crippen LogP contribution in [0.25, 0.3) is 0 Å². The van der Waals surface area contributed by atoms with E-state index in [9.17, 15) is 50.3 Å². The molecule has 0 aromatic heterocycles. The molecule has 8 fully saturated rings. The van der Waals surface area contributed by atoms with Gasteiger partial charge in [0.25, 0.3) is 0 Å². The lowest BCUT2D eigenvalue weighted by Crippen LogP contribution is -2.49. The molecule has 0 aliphatic heterocycles. The van der Waals surface area contributed by atoms with Crippen LogP contribution in [0, 0.1) is 63.6 Å². The molecule has 0 N–H and O–H groups in total. The summed E-state index contributed by atoms with van der Waals surface area (Å²) in [5, 5.41) is 0. The lowest BCUT2D eigenvalue weighted by atomic mass is 9.50. The number of fused-ring (bicyclic) bond motifs is 2. The summed E-state index contributed by atoms with van der Waals surface area (Å²) in [5.74, 6) is -3.79. The molecule has 0 spiro atoms. The van der Waals surface area contributed by atoms with Crippen LogP contribution in [0.3, 0.4) is 0 Å². The first-order valence-corrected chi connectivity index (χ1v) is 23.1. The zero-order valence-electron chi connectivity index (χ0n) is 37.9. The molecule has 2 atom stereocenters. The third-order valence-corrected chi connectivity index (χ3v) is 15.3. The summed E-state index contributed by atoms with van der Waals surface area (Å²) >= 11 is 0. The lowest BCUT2D eigenvalue weighted by molar-refractivity contribution is -0.228. The first-order chi connectivity index (χ1) is 30.3. The van der Waals surface area contributed by atoms with Crippen LogP contribution in [-0.2, 0) is 28.6 Å². The van der Waals surface area contributed by atoms with Crippen molar-refractivity contribution in [2.45, 2.75) is 129 Å². The Balaban J connectivity index is 0.000000148. The van der Waals surface area contributed by atoms with E-state index in [1.807, 2.05) is 0 Å². The number of hydrogen-bond acceptors (Lipinski definition) is 9. The molecule has 1 aromatic carbocycles. The maximum absolute atomic E-state index is 13.5. The van der Waals surface area contributed by atoms with Crippen molar-refractivity contribution in [1.29, 1.82) is 0 Å². The fraction of sp³-hybridized carbons (Fsp3) is 0.700. The van der Waals surface area contributed by atoms with Gasteiger partial charge in [-0.05, 0) is 146 Å². The molecule has 358 valence electrons. The monoisotopic (exact) mass is 920 g/mol. The number of carbonyl (C=O) groups excluding carboxylic acids is 5. The van der Waals surface area contributed by atoms with Crippen molar-refractivity contribution in [2.75, 3.05) is 26.4 Å². The predicted octanol–water partition coefficient (Wildman–Crippen LogP) is 10.8. The predicted molar refractivity (Wildman–Crippen MR) is 226 cm³/mol. The normalized spacial score (nSPS) is 32.6. The summed E-state index contributed by atoms with van der Waals surface area (Å²) in [7, 11) is 0. The molecule has 10 aliphatic carbocycles. The topological polar surface area (TPSA) is 122 Å². The molecule has 0 radical (unpaired) electrons. The van der Waals surface area contributed by atoms with Crippen molar-refractivity contribution >= 4 is 29.5 Å². The molecular formula is C50H62F6O9. The Morgan fingerprint density at radius 3 is 1.43 bits per heavy atom. The SMILES string of the molecule is CC(C)(C(=O)OCC12CC3CC(CC(C3)C1)C2)C(F)(F)F.CC(C)(F)C(=O)OCC12CC3CC(CC(C3)C1)C2.CC(F)(F)C(=O)OCCOc1cccc2c1C(=O)C1C=CC=CC1C2=O. The van der Waals surface area contributed by atoms with E-state index in [0.717, 1.165) is 50.9 Å². The minimum Gasteiger partial charge on any atom is -0.489 e. The lowest BCUT2D eigenvalue weighted by Gasteiger charge is -2.56. The minimum absolute atomic E-state index is 0.0356. The summed E-state index contributed by atoms with van der Waals surface area (Å²) in [6.07, 6.45) is 16.8. The van der Waals surface area contributed by atoms with E-state index in [2.05, 4.69) is 4.74 Å². The molecular weight excluding hydrogens is 859 g/mol. The van der Waals surface area contributed by atoms with Gasteiger partial charge in [0.15, 0.2) is 17.0 Å². The minimum atomic E-state index is -4.56. The van der Waals surface area contributed by atoms with Gasteiger partial charge < -0.3 is 18.9 Å². The highest BCUT2D eigenvalue weighted by Gasteiger charge is 2.56. The average molecular weight is 921 g/mol. The summed E-state index contributed by atoms with van der Waals surface area (Å²) in [5.41, 5.74) is -3.68. The molecule has 0 heterocycles. The zero-order chi connectivity index (χ0) is 47.3. The first kappa shape index (κ1) is 48.8. The number of ketones is 2. The van der Waals surface area contributed by atoms with E-state index in [-0.39, 0.29) is 52.5 Å². The molecule has 8 saturated carbocycles. The summed E-state index contributed by atoms with van der Waals surface area (Å²) in [6.45, 7) is 4.79. The number of rotatable bonds is 11. The molecule has 1 aromatic rings. The highest BCUT2D eigenvalue weighted by molar-refractivity contribution is 6.18. The van der Waals surface area contributed by atoms with Gasteiger partial charge in [-0.25, -0.2) is 14.0 Å². The van der Waals surface area contributed by atoms with Gasteiger partial charge in [0, 0.05) is 23.3 Å². The third kappa shape index (κ3) is 10.7. The Kier molecular flexibility index (Phi) is 13.6. The van der Waals surface area contributed by atoms with Crippen LogP contribution < -0.4 is 4.74 Å². The highest BCUT2D eigenvalue weighted by atomic mass is 19.4. The van der Waals surface area contributed by atoms with E-state index in [4.69, 9.17) is 14.2 Å². The second-order valence-electron chi connectivity index (χ2n) is 21.7. The van der Waals surface area contributed by atoms with Crippen LogP contribution >= 0.6 is 0 Å². The van der Waals surface area contributed by atoms with Gasteiger partial charge in [-0.1, -0.05) is 36.4 Å². The van der Waals surface area contributed by atoms with Gasteiger partial charge in [0.05, 0.1) is 30.6 Å². The van der Waals surface area contributed by atoms with Gasteiger partial charge >= 0.3 is 30.0 Å². The number of Topliss-reactive ketones (excluding diaryl/α,β-unsaturated/α-hetero) is 2. The van der Waals surface area contributed by atoms with Gasteiger partial charge in [-0.3, -0.25) is 14.4 Å². The van der Waals surface area contributed by atoms with E-state index >= 15 is 0 Å². The number of benzene rings is 1. The van der Waals surface area contributed by atoms with Crippen LogP contribution in [0.15, 0.2) is 42.5 Å². The number of halogens is 6. The zero-order valence-corrected chi connectivity index (χ0v) is 37.9. The van der Waals surface area contributed by atoms with Crippen molar-refractivity contribution in [1.82, 2.24) is 0 Å². The van der Waals surface area contributed by atoms with Crippen molar-refractivity contribution < 1.29 is 69.3 Å². The van der Waals surface area contributed by atoms with Crippen LogP contribution in [0.2, 0.25) is 0 Å². The molecule has 65 heavy (non-hydrogen) atoms. The molecule has 11 rings (SSSR count). The number of ether oxygens (including phenoxy) is 4. The molecule has 8 bridgehead atoms. The Morgan fingerprint density at radius 1 is 0.585 bits per heavy atom. The van der Waals surface area contributed by atoms with Gasteiger partial charge in [-0.2, -0.15) is 22.0 Å². The maximum Gasteiger partial charge on any atom is 0.404 e. The fourth-order valence-electron chi connectivity index (χ4n) is 12.8. The van der Waals surface area contributed by atoms with Crippen LogP contribution in [0.1, 0.15) is 132 Å². The first-order valence-electron chi connectivity index (χ1n) is 23.1. The maximum atomic E-state index is 13.5. The molecule has 0 saturated heterocycles. The number of carbonyl (C=O) groups is 5. The number of allylic oxidation sites excluding steroid dienone is 4. The smallest absolute Gasteiger partial charge is 0.404 e. The second-order valence-corrected chi connectivity index (χ2v) is 21.7. The highest BCUT2D eigenvalue weighted by Crippen LogP contribution is 2.61. The third-order valence-electron chi connectivity index (χ3n) is 15.3. The summed E-state index contributed by atoms with van der Waals surface area (Å²) < 4.78 is 97.8. The Morgan fingerprint density at radius 2 is 1.02 bits per heavy atom. The van der Waals surface area contributed by atoms with Crippen molar-refractivity contribution in [3.63, 3.8) is 0 Å². The van der Waals surface area contributed by atoms with Crippen LogP contribution in [0.4, 0.5) is 26.3 Å². The van der Waals surface area contributed by atoms with Crippen molar-refractivity contribution in [2.24, 2.45) is 63.6 Å². The van der Waals surface area contributed by atoms with Crippen molar-refractivity contribution in [3.05, 3.63) is 53.6 Å². The van der Waals surface area contributed by atoms with Gasteiger partial charge in [-0.15, -0.1) is 0 Å². The average Bonchev–Trinajstić information content (AvgIpc) is 3.21. The number of esters is 3. The number of hydrogen-bond donors (Lipinski definition) is 0. The standard InChI is InChI=1S/C19H16F2O5.C16H23F3O2.C15H23FO2/c1-19(20,21)18(24)26-10-9-25-14-8-4-7-13-15(14)17(23)12-6-3-2-5-11(12)16(13)22;1-14(2,16(17,18)19)13(20)21-9-15-6-10-3-11(7-15)5-12(4-10)8-15;1-14(2,16)13(17)18-9-15-6-10-3-11(7-15)5-12(4-10)8-15/h2-8,11-12H,9-10H2,1H3;10-12H,3-9H2,1-2H3;10-12H,3-9H2,1-2H3. The molecule has 0 amide bonds. The Hall–Kier alpha value is -4.17. The Labute approximate surface area is 376 Å². The fourth-order valence-corrected chi connectivity index (χ4v) is 12.8. The van der Waals surface area contributed by atoms with Gasteiger partial charge in [0.2, 0.25) is 5.67 Å². The van der Waals surface area contributed by atoms with Crippen LogP contribution in [-0.4, -0.2) is 73.7 Å². The largest absolute Gasteiger partial charge is 0.489 e. The van der Waals surface area contributed by atoms with E-state index in [1.54, 1.807) is 36.4 Å². The van der Waals surface area contributed by atoms with E-state index in [1.165, 1.54) is 77.7 Å². The summed E-state index contributed by atoms with van der Waals surface area (Å²) in [4.78, 5) is 59.9. The van der Waals surface area contributed by atoms with Crippen LogP contribution in [0.5, 0.6) is 5.75 Å². The second kappa shape index (κ2) is 18.1. The van der Waals surface area contributed by atoms with E-state index < -0.39 is 59.5 Å². The quantitative estimate of drug-likeness (QED) is 0.0924. The van der Waals surface area contributed by atoms with Gasteiger partial charge in [0.1, 0.15) is 19.0 Å². The van der Waals surface area contributed by atoms with Crippen molar-refractivity contribution in [3.8, 4) is 5.75 Å². The molecule has 2 unspecified atom stereocenters. The van der Waals surface area contributed by atoms with E-state index in [0.29, 0.717) is 31.3 Å². The molecule has 10 aliphatic rings. The molecule has 15 heteroatoms. The number of alkyl halides is 6. The Bertz CT molecular complexity index is 1990. The summed E-state index contributed by atoms with van der Waals surface area (Å²) in [6, 6.07) is 4.65. The molecule has 9 nitrogen and oxygen atoms in total.